The van der Waals surface area contributed by atoms with Crippen LogP contribution >= 0.6 is 0 Å². The average Bonchev–Trinajstić information content (AvgIpc) is 3.38. The van der Waals surface area contributed by atoms with Gasteiger partial charge in [0.1, 0.15) is 18.1 Å². The third-order valence-electron chi connectivity index (χ3n) is 5.74. The molecule has 31 heavy (non-hydrogen) atoms. The number of rotatable bonds is 7. The summed E-state index contributed by atoms with van der Waals surface area (Å²) in [5.74, 6) is 1.55. The second-order valence-electron chi connectivity index (χ2n) is 7.89. The van der Waals surface area contributed by atoms with Crippen molar-refractivity contribution in [1.82, 2.24) is 24.7 Å². The molecular formula is C23H29N5O3. The molecule has 0 spiro atoms. The standard InChI is InChI=1S/C23H29N5O3/c1-4-28-15-19(13-24-28)14-26-9-11-27(12-10-26)23(29)20-5-7-21(8-6-20)30-16-22-17(2)25-31-18(22)3/h5-8,13,15H,4,9-12,14,16H2,1-3H3. The van der Waals surface area contributed by atoms with Gasteiger partial charge in [-0.25, -0.2) is 0 Å². The number of amides is 1. The number of benzene rings is 1. The monoisotopic (exact) mass is 423 g/mol. The first kappa shape index (κ1) is 21.1. The van der Waals surface area contributed by atoms with E-state index in [4.69, 9.17) is 9.26 Å². The van der Waals surface area contributed by atoms with Gasteiger partial charge in [0.05, 0.1) is 17.5 Å². The van der Waals surface area contributed by atoms with E-state index in [9.17, 15) is 4.79 Å². The first-order valence-electron chi connectivity index (χ1n) is 10.7. The molecule has 2 aromatic heterocycles. The van der Waals surface area contributed by atoms with Crippen LogP contribution < -0.4 is 4.74 Å². The highest BCUT2D eigenvalue weighted by Gasteiger charge is 2.22. The molecule has 0 bridgehead atoms. The number of nitrogens with zero attached hydrogens (tertiary/aromatic N) is 5. The van der Waals surface area contributed by atoms with Crippen molar-refractivity contribution in [3.05, 3.63) is 64.8 Å². The Labute approximate surface area is 182 Å². The number of piperazine rings is 1. The highest BCUT2D eigenvalue weighted by molar-refractivity contribution is 5.94. The summed E-state index contributed by atoms with van der Waals surface area (Å²) in [6, 6.07) is 7.34. The first-order chi connectivity index (χ1) is 15.0. The second kappa shape index (κ2) is 9.34. The van der Waals surface area contributed by atoms with Gasteiger partial charge in [0.15, 0.2) is 0 Å². The highest BCUT2D eigenvalue weighted by Crippen LogP contribution is 2.19. The van der Waals surface area contributed by atoms with Crippen LogP contribution in [-0.2, 0) is 19.7 Å². The topological polar surface area (TPSA) is 76.6 Å². The fraction of sp³-hybridized carbons (Fsp3) is 0.435. The Kier molecular flexibility index (Phi) is 6.36. The SMILES string of the molecule is CCn1cc(CN2CCN(C(=O)c3ccc(OCc4c(C)noc4C)cc3)CC2)cn1. The molecule has 8 nitrogen and oxygen atoms in total. The summed E-state index contributed by atoms with van der Waals surface area (Å²) in [5.41, 5.74) is 3.69. The highest BCUT2D eigenvalue weighted by atomic mass is 16.5. The van der Waals surface area contributed by atoms with Crippen molar-refractivity contribution in [3.63, 3.8) is 0 Å². The fourth-order valence-corrected chi connectivity index (χ4v) is 3.77. The summed E-state index contributed by atoms with van der Waals surface area (Å²) < 4.78 is 12.9. The summed E-state index contributed by atoms with van der Waals surface area (Å²) in [5, 5.41) is 8.27. The normalized spacial score (nSPS) is 14.7. The van der Waals surface area contributed by atoms with Crippen molar-refractivity contribution in [2.24, 2.45) is 0 Å². The third kappa shape index (κ3) is 4.96. The van der Waals surface area contributed by atoms with Gasteiger partial charge in [-0.15, -0.1) is 0 Å². The molecule has 1 aliphatic rings. The van der Waals surface area contributed by atoms with E-state index in [-0.39, 0.29) is 5.91 Å². The van der Waals surface area contributed by atoms with Crippen LogP contribution in [0.5, 0.6) is 5.75 Å². The van der Waals surface area contributed by atoms with Crippen molar-refractivity contribution in [2.45, 2.75) is 40.5 Å². The van der Waals surface area contributed by atoms with Crippen LogP contribution in [0.4, 0.5) is 0 Å². The lowest BCUT2D eigenvalue weighted by Gasteiger charge is -2.34. The molecule has 0 saturated carbocycles. The zero-order chi connectivity index (χ0) is 21.8. The van der Waals surface area contributed by atoms with Gasteiger partial charge in [-0.1, -0.05) is 5.16 Å². The molecule has 1 saturated heterocycles. The Hall–Kier alpha value is -3.13. The summed E-state index contributed by atoms with van der Waals surface area (Å²) in [4.78, 5) is 17.2. The van der Waals surface area contributed by atoms with Gasteiger partial charge >= 0.3 is 0 Å². The van der Waals surface area contributed by atoms with Gasteiger partial charge in [0.2, 0.25) is 0 Å². The van der Waals surface area contributed by atoms with Gasteiger partial charge in [0.25, 0.3) is 5.91 Å². The van der Waals surface area contributed by atoms with Gasteiger partial charge in [0, 0.05) is 56.6 Å². The Morgan fingerprint density at radius 3 is 2.48 bits per heavy atom. The largest absolute Gasteiger partial charge is 0.489 e. The van der Waals surface area contributed by atoms with Crippen LogP contribution in [0.3, 0.4) is 0 Å². The zero-order valence-electron chi connectivity index (χ0n) is 18.4. The van der Waals surface area contributed by atoms with Crippen LogP contribution in [0.1, 0.15) is 39.9 Å². The van der Waals surface area contributed by atoms with Crippen LogP contribution in [0.25, 0.3) is 0 Å². The van der Waals surface area contributed by atoms with Crippen LogP contribution in [0.15, 0.2) is 41.2 Å². The van der Waals surface area contributed by atoms with Crippen molar-refractivity contribution in [2.75, 3.05) is 26.2 Å². The van der Waals surface area contributed by atoms with Gasteiger partial charge in [-0.3, -0.25) is 14.4 Å². The van der Waals surface area contributed by atoms with E-state index in [1.807, 2.05) is 53.9 Å². The molecule has 0 N–H and O–H groups in total. The lowest BCUT2D eigenvalue weighted by atomic mass is 10.1. The van der Waals surface area contributed by atoms with Crippen molar-refractivity contribution < 1.29 is 14.1 Å². The number of hydrogen-bond donors (Lipinski definition) is 0. The number of hydrogen-bond acceptors (Lipinski definition) is 6. The molecule has 0 atom stereocenters. The van der Waals surface area contributed by atoms with E-state index in [2.05, 4.69) is 28.3 Å². The maximum absolute atomic E-state index is 12.9. The van der Waals surface area contributed by atoms with E-state index in [0.29, 0.717) is 17.9 Å². The van der Waals surface area contributed by atoms with Crippen LogP contribution in [0, 0.1) is 13.8 Å². The summed E-state index contributed by atoms with van der Waals surface area (Å²) in [6.45, 7) is 11.2. The lowest BCUT2D eigenvalue weighted by molar-refractivity contribution is 0.0628. The quantitative estimate of drug-likeness (QED) is 0.581. The molecule has 4 rings (SSSR count). The summed E-state index contributed by atoms with van der Waals surface area (Å²) in [6.07, 6.45) is 4.02. The minimum atomic E-state index is 0.0655. The zero-order valence-corrected chi connectivity index (χ0v) is 18.4. The minimum Gasteiger partial charge on any atom is -0.489 e. The molecule has 8 heteroatoms. The van der Waals surface area contributed by atoms with E-state index in [0.717, 1.165) is 56.3 Å². The maximum Gasteiger partial charge on any atom is 0.253 e. The summed E-state index contributed by atoms with van der Waals surface area (Å²) >= 11 is 0. The first-order valence-corrected chi connectivity index (χ1v) is 10.7. The van der Waals surface area contributed by atoms with Crippen molar-refractivity contribution in [3.8, 4) is 5.75 Å². The number of aromatic nitrogens is 3. The molecule has 1 aromatic carbocycles. The van der Waals surface area contributed by atoms with E-state index >= 15 is 0 Å². The smallest absolute Gasteiger partial charge is 0.253 e. The Bertz CT molecular complexity index is 997. The fourth-order valence-electron chi connectivity index (χ4n) is 3.77. The van der Waals surface area contributed by atoms with Crippen LogP contribution in [0.2, 0.25) is 0 Å². The lowest BCUT2D eigenvalue weighted by Crippen LogP contribution is -2.48. The van der Waals surface area contributed by atoms with E-state index < -0.39 is 0 Å². The second-order valence-corrected chi connectivity index (χ2v) is 7.89. The van der Waals surface area contributed by atoms with Gasteiger partial charge < -0.3 is 14.2 Å². The Morgan fingerprint density at radius 1 is 1.13 bits per heavy atom. The molecule has 1 fully saturated rings. The molecule has 3 aromatic rings. The minimum absolute atomic E-state index is 0.0655. The average molecular weight is 424 g/mol. The van der Waals surface area contributed by atoms with Crippen molar-refractivity contribution >= 4 is 5.91 Å². The number of aryl methyl sites for hydroxylation is 3. The predicted octanol–water partition coefficient (Wildman–Crippen LogP) is 3.04. The third-order valence-corrected chi connectivity index (χ3v) is 5.74. The van der Waals surface area contributed by atoms with E-state index in [1.165, 1.54) is 5.56 Å². The van der Waals surface area contributed by atoms with Crippen molar-refractivity contribution in [1.29, 1.82) is 0 Å². The molecule has 0 aliphatic carbocycles. The number of carbonyl (C=O) groups excluding carboxylic acids is 1. The number of ether oxygens (including phenoxy) is 1. The predicted molar refractivity (Wildman–Crippen MR) is 116 cm³/mol. The molecular weight excluding hydrogens is 394 g/mol. The van der Waals surface area contributed by atoms with Crippen LogP contribution in [-0.4, -0.2) is 56.8 Å². The van der Waals surface area contributed by atoms with E-state index in [1.54, 1.807) is 0 Å². The molecule has 1 aliphatic heterocycles. The molecule has 3 heterocycles. The Morgan fingerprint density at radius 2 is 1.87 bits per heavy atom. The Balaban J connectivity index is 1.27. The molecule has 0 unspecified atom stereocenters. The number of carbonyl (C=O) groups is 1. The van der Waals surface area contributed by atoms with Gasteiger partial charge in [-0.2, -0.15) is 5.10 Å². The molecule has 1 amide bonds. The molecule has 0 radical (unpaired) electrons. The summed E-state index contributed by atoms with van der Waals surface area (Å²) in [7, 11) is 0. The maximum atomic E-state index is 12.9. The molecule has 164 valence electrons. The van der Waals surface area contributed by atoms with Gasteiger partial charge in [-0.05, 0) is 45.0 Å².